The number of rotatable bonds is 5. The molecule has 2 aliphatic rings. The van der Waals surface area contributed by atoms with E-state index >= 15 is 4.39 Å². The molecular formula is C28H30FN3O3. The predicted octanol–water partition coefficient (Wildman–Crippen LogP) is 5.60. The molecule has 2 heterocycles. The first kappa shape index (κ1) is 23.3. The molecule has 2 unspecified atom stereocenters. The van der Waals surface area contributed by atoms with Crippen LogP contribution in [0.4, 0.5) is 4.39 Å². The Bertz CT molecular complexity index is 1280. The van der Waals surface area contributed by atoms with E-state index in [-0.39, 0.29) is 23.4 Å². The Kier molecular flexibility index (Phi) is 6.17. The Labute approximate surface area is 204 Å². The van der Waals surface area contributed by atoms with Crippen LogP contribution in [0, 0.1) is 11.7 Å². The molecule has 2 aromatic carbocycles. The molecule has 1 saturated heterocycles. The number of piperidine rings is 1. The average molecular weight is 476 g/mol. The van der Waals surface area contributed by atoms with Gasteiger partial charge in [0.25, 0.3) is 5.91 Å². The second-order valence-electron chi connectivity index (χ2n) is 9.83. The molecule has 6 nitrogen and oxygen atoms in total. The van der Waals surface area contributed by atoms with Gasteiger partial charge in [-0.15, -0.1) is 0 Å². The zero-order valence-electron chi connectivity index (χ0n) is 20.3. The van der Waals surface area contributed by atoms with Crippen LogP contribution in [0.25, 0.3) is 16.8 Å². The molecule has 0 radical (unpaired) electrons. The number of carbonyl (C=O) groups excluding carboxylic acids is 2. The third-order valence-corrected chi connectivity index (χ3v) is 7.19. The summed E-state index contributed by atoms with van der Waals surface area (Å²) < 4.78 is 22.4. The molecule has 5 rings (SSSR count). The van der Waals surface area contributed by atoms with Crippen molar-refractivity contribution < 1.29 is 18.7 Å². The summed E-state index contributed by atoms with van der Waals surface area (Å²) in [6, 6.07) is 12.5. The Balaban J connectivity index is 1.51. The van der Waals surface area contributed by atoms with Crippen LogP contribution < -0.4 is 0 Å². The third-order valence-electron chi connectivity index (χ3n) is 7.19. The lowest BCUT2D eigenvalue weighted by Crippen LogP contribution is -2.45. The van der Waals surface area contributed by atoms with Crippen molar-refractivity contribution in [3.05, 3.63) is 71.3 Å². The number of amides is 1. The normalized spacial score (nSPS) is 20.1. The summed E-state index contributed by atoms with van der Waals surface area (Å²) in [5.41, 5.74) is 3.12. The van der Waals surface area contributed by atoms with Crippen LogP contribution in [0.5, 0.6) is 0 Å². The Morgan fingerprint density at radius 2 is 1.80 bits per heavy atom. The third kappa shape index (κ3) is 4.35. The molecule has 2 atom stereocenters. The van der Waals surface area contributed by atoms with Crippen LogP contribution >= 0.6 is 0 Å². The van der Waals surface area contributed by atoms with Crippen LogP contribution in [-0.4, -0.2) is 46.3 Å². The number of nitrogens with zero attached hydrogens (tertiary/aromatic N) is 3. The standard InChI is InChI=1S/C28H30FN3O3/c1-17-10-11-18(2)31(16-17)27(33)23-9-5-8-22(25(23)29)20-6-4-7-21(14-20)32-26(19-12-13-19)24(15-30-32)28(34)35-3/h4-9,14-15,17-19H,10-13,16H2,1-3H3. The number of esters is 1. The summed E-state index contributed by atoms with van der Waals surface area (Å²) in [6.45, 7) is 4.80. The summed E-state index contributed by atoms with van der Waals surface area (Å²) in [5, 5.41) is 4.46. The quantitative estimate of drug-likeness (QED) is 0.451. The minimum Gasteiger partial charge on any atom is -0.465 e. The molecule has 1 saturated carbocycles. The molecule has 3 aromatic rings. The number of aromatic nitrogens is 2. The summed E-state index contributed by atoms with van der Waals surface area (Å²) in [4.78, 5) is 27.4. The van der Waals surface area contributed by atoms with Gasteiger partial charge >= 0.3 is 5.97 Å². The molecule has 1 aliphatic carbocycles. The van der Waals surface area contributed by atoms with Crippen molar-refractivity contribution >= 4 is 11.9 Å². The summed E-state index contributed by atoms with van der Waals surface area (Å²) >= 11 is 0. The number of hydrogen-bond donors (Lipinski definition) is 0. The van der Waals surface area contributed by atoms with E-state index in [0.29, 0.717) is 29.2 Å². The Morgan fingerprint density at radius 3 is 2.54 bits per heavy atom. The number of ether oxygens (including phenoxy) is 1. The molecule has 7 heteroatoms. The van der Waals surface area contributed by atoms with E-state index in [9.17, 15) is 9.59 Å². The van der Waals surface area contributed by atoms with E-state index in [0.717, 1.165) is 37.1 Å². The van der Waals surface area contributed by atoms with Crippen LogP contribution in [0.3, 0.4) is 0 Å². The number of halogens is 1. The zero-order valence-corrected chi connectivity index (χ0v) is 20.3. The summed E-state index contributed by atoms with van der Waals surface area (Å²) in [7, 11) is 1.36. The molecule has 35 heavy (non-hydrogen) atoms. The molecule has 2 fully saturated rings. The highest BCUT2D eigenvalue weighted by Gasteiger charge is 2.33. The lowest BCUT2D eigenvalue weighted by molar-refractivity contribution is 0.0567. The Morgan fingerprint density at radius 1 is 1.03 bits per heavy atom. The average Bonchev–Trinajstić information content (AvgIpc) is 3.62. The highest BCUT2D eigenvalue weighted by atomic mass is 19.1. The fourth-order valence-electron chi connectivity index (χ4n) is 5.03. The molecule has 1 amide bonds. The maximum atomic E-state index is 15.8. The highest BCUT2D eigenvalue weighted by molar-refractivity contribution is 5.96. The van der Waals surface area contributed by atoms with Crippen molar-refractivity contribution in [2.45, 2.75) is 51.5 Å². The molecule has 0 spiro atoms. The second-order valence-corrected chi connectivity index (χ2v) is 9.83. The fraction of sp³-hybridized carbons (Fsp3) is 0.393. The first-order valence-electron chi connectivity index (χ1n) is 12.3. The van der Waals surface area contributed by atoms with E-state index in [2.05, 4.69) is 12.0 Å². The lowest BCUT2D eigenvalue weighted by atomic mass is 9.93. The summed E-state index contributed by atoms with van der Waals surface area (Å²) in [5.74, 6) is -0.527. The van der Waals surface area contributed by atoms with Gasteiger partial charge in [0.2, 0.25) is 0 Å². The predicted molar refractivity (Wildman–Crippen MR) is 131 cm³/mol. The van der Waals surface area contributed by atoms with Crippen molar-refractivity contribution in [2.75, 3.05) is 13.7 Å². The van der Waals surface area contributed by atoms with Crippen molar-refractivity contribution in [3.8, 4) is 16.8 Å². The van der Waals surface area contributed by atoms with Gasteiger partial charge in [0.05, 0.1) is 30.3 Å². The SMILES string of the molecule is COC(=O)c1cnn(-c2cccc(-c3cccc(C(=O)N4CC(C)CCC4C)c3F)c2)c1C1CC1. The summed E-state index contributed by atoms with van der Waals surface area (Å²) in [6.07, 6.45) is 5.52. The number of carbonyl (C=O) groups is 2. The topological polar surface area (TPSA) is 64.4 Å². The van der Waals surface area contributed by atoms with Crippen molar-refractivity contribution in [2.24, 2.45) is 5.92 Å². The fourth-order valence-corrected chi connectivity index (χ4v) is 5.03. The molecule has 182 valence electrons. The van der Waals surface area contributed by atoms with Gasteiger partial charge in [-0.25, -0.2) is 13.9 Å². The number of hydrogen-bond acceptors (Lipinski definition) is 4. The van der Waals surface area contributed by atoms with E-state index in [1.54, 1.807) is 27.8 Å². The van der Waals surface area contributed by atoms with E-state index in [1.165, 1.54) is 13.3 Å². The second kappa shape index (κ2) is 9.29. The van der Waals surface area contributed by atoms with Crippen molar-refractivity contribution in [1.82, 2.24) is 14.7 Å². The number of methoxy groups -OCH3 is 1. The van der Waals surface area contributed by atoms with Gasteiger partial charge in [-0.3, -0.25) is 4.79 Å². The number of likely N-dealkylation sites (tertiary alicyclic amines) is 1. The van der Waals surface area contributed by atoms with Gasteiger partial charge in [0, 0.05) is 24.1 Å². The van der Waals surface area contributed by atoms with Crippen molar-refractivity contribution in [1.29, 1.82) is 0 Å². The molecule has 1 aromatic heterocycles. The monoisotopic (exact) mass is 475 g/mol. The largest absolute Gasteiger partial charge is 0.465 e. The molecular weight excluding hydrogens is 445 g/mol. The van der Waals surface area contributed by atoms with Gasteiger partial charge in [-0.1, -0.05) is 31.2 Å². The maximum absolute atomic E-state index is 15.8. The van der Waals surface area contributed by atoms with E-state index in [1.807, 2.05) is 31.2 Å². The van der Waals surface area contributed by atoms with Gasteiger partial charge < -0.3 is 9.64 Å². The lowest BCUT2D eigenvalue weighted by Gasteiger charge is -2.37. The van der Waals surface area contributed by atoms with Crippen LogP contribution in [0.2, 0.25) is 0 Å². The smallest absolute Gasteiger partial charge is 0.341 e. The zero-order chi connectivity index (χ0) is 24.7. The number of benzene rings is 2. The van der Waals surface area contributed by atoms with Gasteiger partial charge in [-0.2, -0.15) is 5.10 Å². The molecule has 0 N–H and O–H groups in total. The molecule has 0 bridgehead atoms. The van der Waals surface area contributed by atoms with Gasteiger partial charge in [0.15, 0.2) is 0 Å². The first-order chi connectivity index (χ1) is 16.9. The van der Waals surface area contributed by atoms with Crippen molar-refractivity contribution in [3.63, 3.8) is 0 Å². The van der Waals surface area contributed by atoms with Gasteiger partial charge in [0.1, 0.15) is 11.4 Å². The molecule has 1 aliphatic heterocycles. The minimum absolute atomic E-state index is 0.0924. The highest BCUT2D eigenvalue weighted by Crippen LogP contribution is 2.43. The van der Waals surface area contributed by atoms with Crippen LogP contribution in [-0.2, 0) is 4.74 Å². The maximum Gasteiger partial charge on any atom is 0.341 e. The van der Waals surface area contributed by atoms with Crippen LogP contribution in [0.1, 0.15) is 71.9 Å². The minimum atomic E-state index is -0.516. The van der Waals surface area contributed by atoms with E-state index < -0.39 is 11.8 Å². The first-order valence-corrected chi connectivity index (χ1v) is 12.3. The van der Waals surface area contributed by atoms with Gasteiger partial charge in [-0.05, 0) is 62.3 Å². The van der Waals surface area contributed by atoms with E-state index in [4.69, 9.17) is 4.74 Å². The van der Waals surface area contributed by atoms with Crippen LogP contribution in [0.15, 0.2) is 48.7 Å². The Hall–Kier alpha value is -3.48.